The van der Waals surface area contributed by atoms with Crippen LogP contribution >= 0.6 is 0 Å². The Morgan fingerprint density at radius 3 is 2.24 bits per heavy atom. The van der Waals surface area contributed by atoms with Gasteiger partial charge in [-0.25, -0.2) is 0 Å². The number of esters is 1. The highest BCUT2D eigenvalue weighted by molar-refractivity contribution is 5.97. The first-order chi connectivity index (χ1) is 21.9. The van der Waals surface area contributed by atoms with Crippen molar-refractivity contribution >= 4 is 29.6 Å². The molecule has 1 aliphatic heterocycles. The minimum atomic E-state index is -0.920. The minimum absolute atomic E-state index is 0.190. The molecule has 0 bridgehead atoms. The van der Waals surface area contributed by atoms with E-state index in [0.29, 0.717) is 50.7 Å². The molecule has 0 spiro atoms. The molecule has 3 aliphatic rings. The van der Waals surface area contributed by atoms with Crippen LogP contribution in [0.3, 0.4) is 0 Å². The molecule has 1 saturated heterocycles. The van der Waals surface area contributed by atoms with Crippen LogP contribution in [0.5, 0.6) is 5.75 Å². The van der Waals surface area contributed by atoms with Crippen molar-refractivity contribution in [2.45, 2.75) is 110 Å². The van der Waals surface area contributed by atoms with Crippen LogP contribution in [-0.2, 0) is 35.1 Å². The normalized spacial score (nSPS) is 24.3. The Balaban J connectivity index is 1.37. The second-order valence-corrected chi connectivity index (χ2v) is 13.7. The molecule has 2 aliphatic carbocycles. The first-order valence-electron chi connectivity index (χ1n) is 16.7. The predicted molar refractivity (Wildman–Crippen MR) is 171 cm³/mol. The molecule has 0 aromatic heterocycles. The van der Waals surface area contributed by atoms with E-state index < -0.39 is 40.3 Å². The van der Waals surface area contributed by atoms with E-state index >= 15 is 0 Å². The number of primary amides is 1. The highest BCUT2D eigenvalue weighted by atomic mass is 16.7. The molecule has 2 saturated carbocycles. The molecule has 3 atom stereocenters. The van der Waals surface area contributed by atoms with E-state index in [1.54, 1.807) is 24.3 Å². The van der Waals surface area contributed by atoms with Crippen LogP contribution in [0.4, 0.5) is 0 Å². The van der Waals surface area contributed by atoms with Crippen molar-refractivity contribution in [3.05, 3.63) is 29.8 Å². The highest BCUT2D eigenvalue weighted by Crippen LogP contribution is 2.78. The number of carbonyl (C=O) groups is 5. The van der Waals surface area contributed by atoms with E-state index in [0.717, 1.165) is 31.5 Å². The fraction of sp³-hybridized carbons (Fsp3) is 0.676. The van der Waals surface area contributed by atoms with Crippen molar-refractivity contribution in [1.82, 2.24) is 21.3 Å². The van der Waals surface area contributed by atoms with Gasteiger partial charge < -0.3 is 36.5 Å². The number of nitrogens with two attached hydrogens (primary N) is 1. The highest BCUT2D eigenvalue weighted by Gasteiger charge is 2.87. The van der Waals surface area contributed by atoms with Crippen molar-refractivity contribution in [3.8, 4) is 5.75 Å². The van der Waals surface area contributed by atoms with Gasteiger partial charge in [0.25, 0.3) is 0 Å². The van der Waals surface area contributed by atoms with E-state index in [2.05, 4.69) is 28.2 Å². The number of carbonyl (C=O) groups excluding carboxylic acids is 5. The van der Waals surface area contributed by atoms with E-state index in [-0.39, 0.29) is 36.9 Å². The fourth-order valence-electron chi connectivity index (χ4n) is 6.25. The Morgan fingerprint density at radius 1 is 0.978 bits per heavy atom. The summed E-state index contributed by atoms with van der Waals surface area (Å²) in [7, 11) is 0. The number of hydrogen-bond acceptors (Lipinski definition) is 8. The number of unbranched alkanes of at least 4 members (excludes halogenated alkanes) is 2. The van der Waals surface area contributed by atoms with Gasteiger partial charge in [0.05, 0.1) is 16.4 Å². The molecule has 0 radical (unpaired) electrons. The molecule has 12 nitrogen and oxygen atoms in total. The summed E-state index contributed by atoms with van der Waals surface area (Å²) in [6, 6.07) is 5.25. The third-order valence-electron chi connectivity index (χ3n) is 10.1. The van der Waals surface area contributed by atoms with Crippen LogP contribution in [0.2, 0.25) is 0 Å². The largest absolute Gasteiger partial charge is 0.457 e. The summed E-state index contributed by atoms with van der Waals surface area (Å²) in [5.74, 6) is -1.43. The zero-order valence-electron chi connectivity index (χ0n) is 27.7. The topological polar surface area (TPSA) is 178 Å². The molecular weight excluding hydrogens is 590 g/mol. The summed E-state index contributed by atoms with van der Waals surface area (Å²) in [6.07, 6.45) is 6.18. The van der Waals surface area contributed by atoms with E-state index in [4.69, 9.17) is 15.2 Å². The van der Waals surface area contributed by atoms with Crippen molar-refractivity contribution in [2.75, 3.05) is 19.9 Å². The number of fused-ring (bicyclic) bond motifs is 1. The molecular formula is C34H51N5O7. The first kappa shape index (κ1) is 35.2. The average Bonchev–Trinajstić information content (AvgIpc) is 3.87. The Morgan fingerprint density at radius 2 is 1.65 bits per heavy atom. The van der Waals surface area contributed by atoms with Gasteiger partial charge in [-0.05, 0) is 75.7 Å². The van der Waals surface area contributed by atoms with Gasteiger partial charge in [-0.15, -0.1) is 0 Å². The van der Waals surface area contributed by atoms with Gasteiger partial charge in [0.2, 0.25) is 30.4 Å². The summed E-state index contributed by atoms with van der Waals surface area (Å²) in [6.45, 7) is 9.11. The van der Waals surface area contributed by atoms with Crippen molar-refractivity contribution < 1.29 is 33.4 Å². The number of nitrogens with one attached hydrogen (secondary N) is 4. The maximum atomic E-state index is 13.7. The van der Waals surface area contributed by atoms with Crippen LogP contribution in [0.25, 0.3) is 0 Å². The SMILES string of the molecule is CCCCCC(=O)NC(Cc1ccc(OCOC(=O)C2(C)CCNCC2)cc1)C(=O)NC(C(=O)NC12CC1(C(N)=O)C2)C(C)CC. The summed E-state index contributed by atoms with van der Waals surface area (Å²) < 4.78 is 11.0. The van der Waals surface area contributed by atoms with Crippen molar-refractivity contribution in [1.29, 1.82) is 0 Å². The van der Waals surface area contributed by atoms with Gasteiger partial charge in [0.15, 0.2) is 0 Å². The van der Waals surface area contributed by atoms with Gasteiger partial charge in [-0.3, -0.25) is 24.0 Å². The van der Waals surface area contributed by atoms with Crippen molar-refractivity contribution in [2.24, 2.45) is 22.5 Å². The molecule has 12 heteroatoms. The Bertz CT molecular complexity index is 1270. The number of amides is 4. The van der Waals surface area contributed by atoms with Gasteiger partial charge in [0, 0.05) is 12.8 Å². The Hall–Kier alpha value is -3.67. The Labute approximate surface area is 271 Å². The summed E-state index contributed by atoms with van der Waals surface area (Å²) >= 11 is 0. The van der Waals surface area contributed by atoms with Gasteiger partial charge >= 0.3 is 5.97 Å². The maximum Gasteiger partial charge on any atom is 0.314 e. The molecule has 46 heavy (non-hydrogen) atoms. The van der Waals surface area contributed by atoms with Crippen LogP contribution < -0.4 is 31.7 Å². The number of ether oxygens (including phenoxy) is 2. The van der Waals surface area contributed by atoms with E-state index in [1.165, 1.54) is 0 Å². The van der Waals surface area contributed by atoms with Gasteiger partial charge in [0.1, 0.15) is 17.8 Å². The average molecular weight is 642 g/mol. The lowest BCUT2D eigenvalue weighted by molar-refractivity contribution is -0.163. The monoisotopic (exact) mass is 641 g/mol. The zero-order chi connectivity index (χ0) is 33.5. The molecule has 4 rings (SSSR count). The number of piperidine rings is 1. The Kier molecular flexibility index (Phi) is 11.3. The van der Waals surface area contributed by atoms with Crippen LogP contribution in [0.1, 0.15) is 91.0 Å². The molecule has 3 unspecified atom stereocenters. The lowest BCUT2D eigenvalue weighted by Crippen LogP contribution is -2.57. The third-order valence-corrected chi connectivity index (χ3v) is 10.1. The molecule has 3 fully saturated rings. The number of hydrogen-bond donors (Lipinski definition) is 5. The standard InChI is InChI=1S/C34H51N5O7/c1-5-7-8-9-26(40)37-25(28(41)38-27(22(3)6-2)29(42)39-34-19-33(34,20-34)30(35)43)18-23-10-12-24(13-11-23)45-21-46-31(44)32(4)14-16-36-17-15-32/h10-13,22,25,27,36H,5-9,14-21H2,1-4H3,(H2,35,43)(H,37,40)(H,38,41)(H,39,42). The van der Waals surface area contributed by atoms with Gasteiger partial charge in [-0.1, -0.05) is 52.2 Å². The van der Waals surface area contributed by atoms with E-state index in [1.807, 2.05) is 20.8 Å². The molecule has 1 aromatic rings. The van der Waals surface area contributed by atoms with Crippen LogP contribution in [-0.4, -0.2) is 67.1 Å². The van der Waals surface area contributed by atoms with Crippen molar-refractivity contribution in [3.63, 3.8) is 0 Å². The number of rotatable bonds is 18. The summed E-state index contributed by atoms with van der Waals surface area (Å²) in [5.41, 5.74) is 4.54. The summed E-state index contributed by atoms with van der Waals surface area (Å²) in [5, 5.41) is 12.0. The second kappa shape index (κ2) is 14.8. The lowest BCUT2D eigenvalue weighted by atomic mass is 9.81. The van der Waals surface area contributed by atoms with Crippen LogP contribution in [0, 0.1) is 16.7 Å². The number of benzene rings is 1. The fourth-order valence-corrected chi connectivity index (χ4v) is 6.25. The van der Waals surface area contributed by atoms with Crippen LogP contribution in [0.15, 0.2) is 24.3 Å². The smallest absolute Gasteiger partial charge is 0.314 e. The lowest BCUT2D eigenvalue weighted by Gasteiger charge is -2.31. The molecule has 4 amide bonds. The maximum absolute atomic E-state index is 13.7. The summed E-state index contributed by atoms with van der Waals surface area (Å²) in [4.78, 5) is 64.2. The minimum Gasteiger partial charge on any atom is -0.457 e. The molecule has 1 heterocycles. The zero-order valence-corrected chi connectivity index (χ0v) is 27.7. The predicted octanol–water partition coefficient (Wildman–Crippen LogP) is 2.23. The van der Waals surface area contributed by atoms with E-state index in [9.17, 15) is 24.0 Å². The first-order valence-corrected chi connectivity index (χ1v) is 16.7. The quantitative estimate of drug-likeness (QED) is 0.0920. The van der Waals surface area contributed by atoms with Gasteiger partial charge in [-0.2, -0.15) is 0 Å². The second-order valence-electron chi connectivity index (χ2n) is 13.7. The molecule has 254 valence electrons. The molecule has 1 aromatic carbocycles. The molecule has 6 N–H and O–H groups in total. The third kappa shape index (κ3) is 8.18.